The average molecular weight is 499 g/mol. The van der Waals surface area contributed by atoms with Crippen molar-refractivity contribution in [2.24, 2.45) is 5.92 Å². The van der Waals surface area contributed by atoms with Crippen molar-refractivity contribution in [2.75, 3.05) is 13.2 Å². The summed E-state index contributed by atoms with van der Waals surface area (Å²) in [6.07, 6.45) is 16.9. The Labute approximate surface area is 218 Å². The number of unbranched alkanes of at least 4 members (excludes halogenated alkanes) is 11. The minimum Gasteiger partial charge on any atom is -0.494 e. The zero-order valence-electron chi connectivity index (χ0n) is 22.7. The standard InChI is InChI=1S/C30H46N2O4/c1-4-6-7-8-9-10-11-12-13-14-15-16-23-34-27-19-17-26(18-20-27)30(33)36-29-22-21-28(31-32-29)35-24-25(3)5-2/h17-22,25H,4-16,23-24H2,1-3H3/t25-/m0/s1. The summed E-state index contributed by atoms with van der Waals surface area (Å²) in [6, 6.07) is 10.3. The van der Waals surface area contributed by atoms with Crippen LogP contribution in [0.25, 0.3) is 0 Å². The van der Waals surface area contributed by atoms with Crippen molar-refractivity contribution in [3.05, 3.63) is 42.0 Å². The number of carbonyl (C=O) groups is 1. The molecule has 0 aliphatic heterocycles. The monoisotopic (exact) mass is 498 g/mol. The number of carbonyl (C=O) groups excluding carboxylic acids is 1. The quantitative estimate of drug-likeness (QED) is 0.135. The average Bonchev–Trinajstić information content (AvgIpc) is 2.91. The van der Waals surface area contributed by atoms with Gasteiger partial charge in [0, 0.05) is 12.1 Å². The maximum absolute atomic E-state index is 12.4. The van der Waals surface area contributed by atoms with Gasteiger partial charge in [0.1, 0.15) is 5.75 Å². The molecular formula is C30H46N2O4. The third-order valence-corrected chi connectivity index (χ3v) is 6.38. The maximum Gasteiger partial charge on any atom is 0.344 e. The number of ether oxygens (including phenoxy) is 3. The summed E-state index contributed by atoms with van der Waals surface area (Å²) < 4.78 is 16.7. The van der Waals surface area contributed by atoms with Crippen molar-refractivity contribution < 1.29 is 19.0 Å². The van der Waals surface area contributed by atoms with Crippen molar-refractivity contribution in [3.8, 4) is 17.5 Å². The summed E-state index contributed by atoms with van der Waals surface area (Å²) in [5.74, 6) is 1.29. The molecule has 6 nitrogen and oxygen atoms in total. The molecule has 200 valence electrons. The molecule has 0 N–H and O–H groups in total. The number of rotatable bonds is 20. The Morgan fingerprint density at radius 3 is 1.83 bits per heavy atom. The highest BCUT2D eigenvalue weighted by molar-refractivity contribution is 5.90. The molecule has 36 heavy (non-hydrogen) atoms. The molecule has 0 unspecified atom stereocenters. The van der Waals surface area contributed by atoms with Crippen molar-refractivity contribution in [2.45, 2.75) is 104 Å². The smallest absolute Gasteiger partial charge is 0.344 e. The van der Waals surface area contributed by atoms with Crippen LogP contribution >= 0.6 is 0 Å². The van der Waals surface area contributed by atoms with Crippen molar-refractivity contribution in [1.29, 1.82) is 0 Å². The van der Waals surface area contributed by atoms with Crippen LogP contribution in [0.5, 0.6) is 17.5 Å². The van der Waals surface area contributed by atoms with Crippen LogP contribution in [0.3, 0.4) is 0 Å². The Balaban J connectivity index is 1.55. The highest BCUT2D eigenvalue weighted by Crippen LogP contribution is 2.17. The van der Waals surface area contributed by atoms with E-state index in [9.17, 15) is 4.79 Å². The van der Waals surface area contributed by atoms with Gasteiger partial charge in [-0.15, -0.1) is 10.2 Å². The lowest BCUT2D eigenvalue weighted by molar-refractivity contribution is 0.0725. The lowest BCUT2D eigenvalue weighted by Gasteiger charge is -2.10. The summed E-state index contributed by atoms with van der Waals surface area (Å²) in [4.78, 5) is 12.4. The molecule has 0 spiro atoms. The first-order valence-electron chi connectivity index (χ1n) is 14.0. The first-order chi connectivity index (χ1) is 17.6. The number of nitrogens with zero attached hydrogens (tertiary/aromatic N) is 2. The molecule has 0 aliphatic carbocycles. The van der Waals surface area contributed by atoms with Gasteiger partial charge in [-0.25, -0.2) is 4.79 Å². The van der Waals surface area contributed by atoms with Crippen LogP contribution in [0.2, 0.25) is 0 Å². The SMILES string of the molecule is CCCCCCCCCCCCCCOc1ccc(C(=O)Oc2ccc(OC[C@@H](C)CC)nn2)cc1. The second-order valence-electron chi connectivity index (χ2n) is 9.69. The van der Waals surface area contributed by atoms with Crippen molar-refractivity contribution in [1.82, 2.24) is 10.2 Å². The minimum absolute atomic E-state index is 0.142. The van der Waals surface area contributed by atoms with E-state index in [0.717, 1.165) is 18.6 Å². The van der Waals surface area contributed by atoms with Crippen LogP contribution in [0.4, 0.5) is 0 Å². The van der Waals surface area contributed by atoms with E-state index in [-0.39, 0.29) is 5.88 Å². The lowest BCUT2D eigenvalue weighted by Crippen LogP contribution is -2.11. The number of aromatic nitrogens is 2. The van der Waals surface area contributed by atoms with Gasteiger partial charge in [0.05, 0.1) is 18.8 Å². The number of benzene rings is 1. The topological polar surface area (TPSA) is 70.5 Å². The largest absolute Gasteiger partial charge is 0.494 e. The van der Waals surface area contributed by atoms with Gasteiger partial charge in [0.25, 0.3) is 0 Å². The molecule has 6 heteroatoms. The summed E-state index contributed by atoms with van der Waals surface area (Å²) in [7, 11) is 0. The van der Waals surface area contributed by atoms with E-state index in [1.807, 2.05) is 0 Å². The summed E-state index contributed by atoms with van der Waals surface area (Å²) in [6.45, 7) is 7.77. The van der Waals surface area contributed by atoms with Crippen LogP contribution in [-0.4, -0.2) is 29.4 Å². The zero-order chi connectivity index (χ0) is 25.8. The predicted molar refractivity (Wildman–Crippen MR) is 145 cm³/mol. The summed E-state index contributed by atoms with van der Waals surface area (Å²) in [5, 5.41) is 7.88. The second kappa shape index (κ2) is 18.6. The van der Waals surface area contributed by atoms with Gasteiger partial charge < -0.3 is 14.2 Å². The third-order valence-electron chi connectivity index (χ3n) is 6.38. The van der Waals surface area contributed by atoms with Crippen LogP contribution < -0.4 is 14.2 Å². The van der Waals surface area contributed by atoms with Gasteiger partial charge in [-0.05, 0) is 36.6 Å². The Morgan fingerprint density at radius 1 is 0.722 bits per heavy atom. The first-order valence-corrected chi connectivity index (χ1v) is 14.0. The Hall–Kier alpha value is -2.63. The molecular weight excluding hydrogens is 452 g/mol. The van der Waals surface area contributed by atoms with Crippen molar-refractivity contribution >= 4 is 5.97 Å². The molecule has 1 aromatic heterocycles. The van der Waals surface area contributed by atoms with E-state index in [4.69, 9.17) is 14.2 Å². The fraction of sp³-hybridized carbons (Fsp3) is 0.633. The Morgan fingerprint density at radius 2 is 1.28 bits per heavy atom. The van der Waals surface area contributed by atoms with E-state index >= 15 is 0 Å². The maximum atomic E-state index is 12.4. The van der Waals surface area contributed by atoms with Gasteiger partial charge in [-0.2, -0.15) is 0 Å². The Kier molecular flexibility index (Phi) is 15.3. The number of hydrogen-bond donors (Lipinski definition) is 0. The van der Waals surface area contributed by atoms with Gasteiger partial charge in [-0.3, -0.25) is 0 Å². The van der Waals surface area contributed by atoms with E-state index in [1.54, 1.807) is 36.4 Å². The summed E-state index contributed by atoms with van der Waals surface area (Å²) in [5.41, 5.74) is 0.437. The lowest BCUT2D eigenvalue weighted by atomic mass is 10.1. The highest BCUT2D eigenvalue weighted by Gasteiger charge is 2.11. The molecule has 0 amide bonds. The van der Waals surface area contributed by atoms with Gasteiger partial charge in [0.2, 0.25) is 11.8 Å². The molecule has 0 saturated carbocycles. The van der Waals surface area contributed by atoms with Crippen molar-refractivity contribution in [3.63, 3.8) is 0 Å². The molecule has 2 rings (SSSR count). The molecule has 0 bridgehead atoms. The normalized spacial score (nSPS) is 11.8. The van der Waals surface area contributed by atoms with Gasteiger partial charge in [0.15, 0.2) is 0 Å². The molecule has 0 aliphatic rings. The molecule has 2 aromatic rings. The predicted octanol–water partition coefficient (Wildman–Crippen LogP) is 8.20. The number of esters is 1. The fourth-order valence-corrected chi connectivity index (χ4v) is 3.76. The third kappa shape index (κ3) is 12.9. The van der Waals surface area contributed by atoms with E-state index in [2.05, 4.69) is 31.0 Å². The molecule has 0 radical (unpaired) electrons. The van der Waals surface area contributed by atoms with Crippen LogP contribution in [0, 0.1) is 5.92 Å². The van der Waals surface area contributed by atoms with E-state index < -0.39 is 5.97 Å². The van der Waals surface area contributed by atoms with E-state index in [0.29, 0.717) is 30.6 Å². The first kappa shape index (κ1) is 29.6. The van der Waals surface area contributed by atoms with E-state index in [1.165, 1.54) is 70.6 Å². The zero-order valence-corrected chi connectivity index (χ0v) is 22.7. The molecule has 1 heterocycles. The number of hydrogen-bond acceptors (Lipinski definition) is 6. The molecule has 1 atom stereocenters. The minimum atomic E-state index is -0.481. The molecule has 1 aromatic carbocycles. The summed E-state index contributed by atoms with van der Waals surface area (Å²) >= 11 is 0. The Bertz CT molecular complexity index is 824. The molecule has 0 fully saturated rings. The highest BCUT2D eigenvalue weighted by atomic mass is 16.5. The molecule has 0 saturated heterocycles. The van der Waals surface area contributed by atoms with Gasteiger partial charge in [-0.1, -0.05) is 97.8 Å². The van der Waals surface area contributed by atoms with Crippen LogP contribution in [-0.2, 0) is 0 Å². The fourth-order valence-electron chi connectivity index (χ4n) is 3.76. The van der Waals surface area contributed by atoms with Crippen LogP contribution in [0.15, 0.2) is 36.4 Å². The van der Waals surface area contributed by atoms with Crippen LogP contribution in [0.1, 0.15) is 115 Å². The second-order valence-corrected chi connectivity index (χ2v) is 9.69. The van der Waals surface area contributed by atoms with Gasteiger partial charge >= 0.3 is 5.97 Å².